The van der Waals surface area contributed by atoms with Crippen LogP contribution in [0.5, 0.6) is 5.75 Å². The van der Waals surface area contributed by atoms with Gasteiger partial charge in [0, 0.05) is 5.56 Å². The lowest BCUT2D eigenvalue weighted by Crippen LogP contribution is -2.31. The van der Waals surface area contributed by atoms with Gasteiger partial charge >= 0.3 is 0 Å². The van der Waals surface area contributed by atoms with Crippen molar-refractivity contribution < 1.29 is 17.9 Å². The number of nitrogens with one attached hydrogen (secondary N) is 1. The Bertz CT molecular complexity index is 1210. The van der Waals surface area contributed by atoms with E-state index in [2.05, 4.69) is 11.9 Å². The van der Waals surface area contributed by atoms with Gasteiger partial charge in [0.25, 0.3) is 15.9 Å². The molecule has 0 unspecified atom stereocenters. The molecule has 3 rings (SSSR count). The highest BCUT2D eigenvalue weighted by Gasteiger charge is 2.26. The van der Waals surface area contributed by atoms with Gasteiger partial charge in [-0.1, -0.05) is 48.0 Å². The third kappa shape index (κ3) is 4.90. The van der Waals surface area contributed by atoms with E-state index in [9.17, 15) is 13.2 Å². The molecular weight excluding hydrogens is 436 g/mol. The molecule has 3 aromatic carbocycles. The van der Waals surface area contributed by atoms with Crippen LogP contribution in [-0.4, -0.2) is 28.0 Å². The molecule has 0 saturated carbocycles. The standard InChI is InChI=1S/C23H21ClN2O4S/c1-3-15-26(21-13-6-4-11-19(21)24)31(28,29)18-10-8-9-17(16-18)23(27)25-20-12-5-7-14-22(20)30-2/h3-14,16H,1,15H2,2H3,(H,25,27). The fraction of sp³-hybridized carbons (Fsp3) is 0.0870. The zero-order valence-electron chi connectivity index (χ0n) is 16.8. The van der Waals surface area contributed by atoms with Crippen molar-refractivity contribution in [2.45, 2.75) is 4.90 Å². The van der Waals surface area contributed by atoms with Gasteiger partial charge in [0.2, 0.25) is 0 Å². The highest BCUT2D eigenvalue weighted by Crippen LogP contribution is 2.31. The number of halogens is 1. The summed E-state index contributed by atoms with van der Waals surface area (Å²) in [5, 5.41) is 3.03. The number of hydrogen-bond acceptors (Lipinski definition) is 4. The van der Waals surface area contributed by atoms with Gasteiger partial charge in [-0.05, 0) is 42.5 Å². The van der Waals surface area contributed by atoms with E-state index in [0.717, 1.165) is 4.31 Å². The number of anilines is 2. The fourth-order valence-corrected chi connectivity index (χ4v) is 4.75. The predicted octanol–water partition coefficient (Wildman–Crippen LogP) is 4.98. The Morgan fingerprint density at radius 2 is 1.81 bits per heavy atom. The number of sulfonamides is 1. The summed E-state index contributed by atoms with van der Waals surface area (Å²) in [5.74, 6) is 0.0325. The van der Waals surface area contributed by atoms with Crippen molar-refractivity contribution in [3.63, 3.8) is 0 Å². The maximum absolute atomic E-state index is 13.4. The summed E-state index contributed by atoms with van der Waals surface area (Å²) in [6.45, 7) is 3.66. The normalized spacial score (nSPS) is 10.9. The molecule has 0 bridgehead atoms. The molecule has 0 aliphatic heterocycles. The summed E-state index contributed by atoms with van der Waals surface area (Å²) < 4.78 is 33.1. The topological polar surface area (TPSA) is 75.7 Å². The Kier molecular flexibility index (Phi) is 6.99. The molecule has 31 heavy (non-hydrogen) atoms. The van der Waals surface area contributed by atoms with Crippen LogP contribution in [0.3, 0.4) is 0 Å². The van der Waals surface area contributed by atoms with Gasteiger partial charge in [-0.3, -0.25) is 9.10 Å². The third-order valence-electron chi connectivity index (χ3n) is 4.46. The quantitative estimate of drug-likeness (QED) is 0.485. The number of carbonyl (C=O) groups excluding carboxylic acids is 1. The van der Waals surface area contributed by atoms with E-state index >= 15 is 0 Å². The lowest BCUT2D eigenvalue weighted by Gasteiger charge is -2.24. The van der Waals surface area contributed by atoms with Gasteiger partial charge in [-0.25, -0.2) is 8.42 Å². The molecule has 0 saturated heterocycles. The van der Waals surface area contributed by atoms with Crippen LogP contribution in [0.15, 0.2) is 90.3 Å². The molecule has 0 radical (unpaired) electrons. The average Bonchev–Trinajstić information content (AvgIpc) is 2.78. The van der Waals surface area contributed by atoms with Crippen molar-refractivity contribution in [3.8, 4) is 5.75 Å². The van der Waals surface area contributed by atoms with Gasteiger partial charge in [0.1, 0.15) is 5.75 Å². The number of para-hydroxylation sites is 3. The SMILES string of the molecule is C=CCN(c1ccccc1Cl)S(=O)(=O)c1cccc(C(=O)Nc2ccccc2OC)c1. The van der Waals surface area contributed by atoms with Crippen molar-refractivity contribution in [1.29, 1.82) is 0 Å². The summed E-state index contributed by atoms with van der Waals surface area (Å²) in [5.41, 5.74) is 0.991. The Morgan fingerprint density at radius 1 is 1.10 bits per heavy atom. The molecule has 0 heterocycles. The van der Waals surface area contributed by atoms with E-state index in [1.807, 2.05) is 0 Å². The molecule has 8 heteroatoms. The van der Waals surface area contributed by atoms with Crippen LogP contribution >= 0.6 is 11.6 Å². The number of ether oxygens (including phenoxy) is 1. The first-order valence-corrected chi connectivity index (χ1v) is 11.1. The van der Waals surface area contributed by atoms with E-state index in [-0.39, 0.29) is 22.0 Å². The van der Waals surface area contributed by atoms with E-state index in [0.29, 0.717) is 17.1 Å². The molecule has 6 nitrogen and oxygen atoms in total. The molecule has 0 fully saturated rings. The van der Waals surface area contributed by atoms with Gasteiger partial charge in [-0.15, -0.1) is 6.58 Å². The zero-order chi connectivity index (χ0) is 22.4. The minimum atomic E-state index is -4.01. The molecule has 1 N–H and O–H groups in total. The van der Waals surface area contributed by atoms with E-state index in [1.54, 1.807) is 48.5 Å². The van der Waals surface area contributed by atoms with Gasteiger partial charge in [0.05, 0.1) is 34.9 Å². The molecule has 0 aliphatic rings. The highest BCUT2D eigenvalue weighted by molar-refractivity contribution is 7.92. The lowest BCUT2D eigenvalue weighted by atomic mass is 10.2. The molecule has 0 atom stereocenters. The Hall–Kier alpha value is -3.29. The number of carbonyl (C=O) groups is 1. The number of rotatable bonds is 8. The maximum Gasteiger partial charge on any atom is 0.264 e. The Morgan fingerprint density at radius 3 is 2.52 bits per heavy atom. The average molecular weight is 457 g/mol. The molecule has 0 aromatic heterocycles. The number of benzene rings is 3. The largest absolute Gasteiger partial charge is 0.495 e. The first kappa shape index (κ1) is 22.4. The number of amides is 1. The smallest absolute Gasteiger partial charge is 0.264 e. The second kappa shape index (κ2) is 9.68. The summed E-state index contributed by atoms with van der Waals surface area (Å²) in [7, 11) is -2.51. The Balaban J connectivity index is 1.96. The number of hydrogen-bond donors (Lipinski definition) is 1. The Labute approximate surface area is 186 Å². The van der Waals surface area contributed by atoms with E-state index < -0.39 is 15.9 Å². The number of methoxy groups -OCH3 is 1. The van der Waals surface area contributed by atoms with Gasteiger partial charge in [0.15, 0.2) is 0 Å². The van der Waals surface area contributed by atoms with Crippen molar-refractivity contribution in [3.05, 3.63) is 96.0 Å². The second-order valence-corrected chi connectivity index (χ2v) is 8.73. The van der Waals surface area contributed by atoms with Crippen molar-refractivity contribution in [1.82, 2.24) is 0 Å². The monoisotopic (exact) mass is 456 g/mol. The molecule has 0 spiro atoms. The molecule has 0 aliphatic carbocycles. The van der Waals surface area contributed by atoms with Crippen molar-refractivity contribution in [2.75, 3.05) is 23.3 Å². The van der Waals surface area contributed by atoms with Crippen molar-refractivity contribution in [2.24, 2.45) is 0 Å². The first-order valence-electron chi connectivity index (χ1n) is 9.31. The van der Waals surface area contributed by atoms with Crippen LogP contribution in [0.2, 0.25) is 5.02 Å². The predicted molar refractivity (Wildman–Crippen MR) is 124 cm³/mol. The van der Waals surface area contributed by atoms with Crippen LogP contribution in [0.4, 0.5) is 11.4 Å². The zero-order valence-corrected chi connectivity index (χ0v) is 18.4. The van der Waals surface area contributed by atoms with Gasteiger partial charge < -0.3 is 10.1 Å². The van der Waals surface area contributed by atoms with Crippen LogP contribution in [-0.2, 0) is 10.0 Å². The summed E-state index contributed by atoms with van der Waals surface area (Å²) in [6.07, 6.45) is 1.47. The summed E-state index contributed by atoms with van der Waals surface area (Å²) in [4.78, 5) is 12.7. The first-order chi connectivity index (χ1) is 14.9. The highest BCUT2D eigenvalue weighted by atomic mass is 35.5. The minimum absolute atomic E-state index is 0.0176. The van der Waals surface area contributed by atoms with E-state index in [1.165, 1.54) is 37.5 Å². The second-order valence-electron chi connectivity index (χ2n) is 6.46. The summed E-state index contributed by atoms with van der Waals surface area (Å²) in [6, 6.07) is 19.4. The maximum atomic E-state index is 13.4. The molecule has 1 amide bonds. The number of nitrogens with zero attached hydrogens (tertiary/aromatic N) is 1. The molecular formula is C23H21ClN2O4S. The van der Waals surface area contributed by atoms with Crippen LogP contribution in [0.25, 0.3) is 0 Å². The minimum Gasteiger partial charge on any atom is -0.495 e. The van der Waals surface area contributed by atoms with Crippen molar-refractivity contribution >= 4 is 38.9 Å². The van der Waals surface area contributed by atoms with Crippen LogP contribution in [0.1, 0.15) is 10.4 Å². The molecule has 160 valence electrons. The summed E-state index contributed by atoms with van der Waals surface area (Å²) >= 11 is 6.23. The van der Waals surface area contributed by atoms with Gasteiger partial charge in [-0.2, -0.15) is 0 Å². The fourth-order valence-electron chi connectivity index (χ4n) is 2.96. The van der Waals surface area contributed by atoms with Crippen LogP contribution < -0.4 is 14.4 Å². The molecule has 3 aromatic rings. The lowest BCUT2D eigenvalue weighted by molar-refractivity contribution is 0.102. The van der Waals surface area contributed by atoms with Crippen LogP contribution in [0, 0.1) is 0 Å². The third-order valence-corrected chi connectivity index (χ3v) is 6.55. The van der Waals surface area contributed by atoms with E-state index in [4.69, 9.17) is 16.3 Å².